The standard InChI is InChI=1S/C17H33NO2/c1-12(2)13-8-10-14(11-9-13)18-15(19)17(6,7)20-16(3,4)5/h12-14H,8-11H2,1-7H3,(H,18,19). The molecule has 0 aromatic rings. The summed E-state index contributed by atoms with van der Waals surface area (Å²) in [5.74, 6) is 1.59. The Balaban J connectivity index is 2.47. The smallest absolute Gasteiger partial charge is 0.251 e. The summed E-state index contributed by atoms with van der Waals surface area (Å²) < 4.78 is 5.88. The van der Waals surface area contributed by atoms with E-state index in [1.54, 1.807) is 0 Å². The zero-order valence-corrected chi connectivity index (χ0v) is 14.4. The first kappa shape index (κ1) is 17.5. The highest BCUT2D eigenvalue weighted by Gasteiger charge is 2.35. The van der Waals surface area contributed by atoms with E-state index in [4.69, 9.17) is 4.74 Å². The number of carbonyl (C=O) groups excluding carboxylic acids is 1. The monoisotopic (exact) mass is 283 g/mol. The predicted molar refractivity (Wildman–Crippen MR) is 83.6 cm³/mol. The summed E-state index contributed by atoms with van der Waals surface area (Å²) >= 11 is 0. The van der Waals surface area contributed by atoms with Crippen LogP contribution in [0.5, 0.6) is 0 Å². The molecule has 0 radical (unpaired) electrons. The average molecular weight is 283 g/mol. The SMILES string of the molecule is CC(C)C1CCC(NC(=O)C(C)(C)OC(C)(C)C)CC1. The van der Waals surface area contributed by atoms with E-state index in [9.17, 15) is 4.79 Å². The van der Waals surface area contributed by atoms with Gasteiger partial charge in [-0.2, -0.15) is 0 Å². The fourth-order valence-electron chi connectivity index (χ4n) is 3.10. The molecule has 20 heavy (non-hydrogen) atoms. The van der Waals surface area contributed by atoms with Crippen LogP contribution in [-0.4, -0.2) is 23.2 Å². The number of nitrogens with one attached hydrogen (secondary N) is 1. The Labute approximate surface area is 124 Å². The molecule has 1 aliphatic rings. The number of hydrogen-bond donors (Lipinski definition) is 1. The van der Waals surface area contributed by atoms with Crippen molar-refractivity contribution in [2.45, 2.75) is 91.4 Å². The molecule has 0 aromatic heterocycles. The van der Waals surface area contributed by atoms with Crippen molar-refractivity contribution in [1.29, 1.82) is 0 Å². The second kappa shape index (κ2) is 6.46. The Morgan fingerprint density at radius 1 is 1.05 bits per heavy atom. The minimum absolute atomic E-state index is 0.0143. The lowest BCUT2D eigenvalue weighted by molar-refractivity contribution is -0.160. The highest BCUT2D eigenvalue weighted by Crippen LogP contribution is 2.30. The second-order valence-corrected chi connectivity index (χ2v) is 8.05. The van der Waals surface area contributed by atoms with Gasteiger partial charge in [0.1, 0.15) is 5.60 Å². The van der Waals surface area contributed by atoms with Crippen LogP contribution >= 0.6 is 0 Å². The largest absolute Gasteiger partial charge is 0.360 e. The summed E-state index contributed by atoms with van der Waals surface area (Å²) in [6.07, 6.45) is 4.65. The second-order valence-electron chi connectivity index (χ2n) is 8.05. The Morgan fingerprint density at radius 2 is 1.55 bits per heavy atom. The molecule has 1 rings (SSSR count). The summed E-state index contributed by atoms with van der Waals surface area (Å²) in [6.45, 7) is 14.2. The normalized spacial score (nSPS) is 24.8. The molecule has 1 saturated carbocycles. The molecule has 0 atom stereocenters. The molecule has 0 bridgehead atoms. The van der Waals surface area contributed by atoms with Crippen molar-refractivity contribution in [3.05, 3.63) is 0 Å². The molecule has 3 nitrogen and oxygen atoms in total. The van der Waals surface area contributed by atoms with Crippen LogP contribution in [0, 0.1) is 11.8 Å². The third-order valence-electron chi connectivity index (χ3n) is 4.16. The fraction of sp³-hybridized carbons (Fsp3) is 0.941. The summed E-state index contributed by atoms with van der Waals surface area (Å²) in [4.78, 5) is 12.4. The van der Waals surface area contributed by atoms with E-state index in [-0.39, 0.29) is 11.5 Å². The highest BCUT2D eigenvalue weighted by molar-refractivity contribution is 5.84. The molecule has 1 aliphatic carbocycles. The van der Waals surface area contributed by atoms with Gasteiger partial charge in [-0.3, -0.25) is 4.79 Å². The van der Waals surface area contributed by atoms with Crippen molar-refractivity contribution in [2.24, 2.45) is 11.8 Å². The molecular formula is C17H33NO2. The highest BCUT2D eigenvalue weighted by atomic mass is 16.5. The first-order valence-electron chi connectivity index (χ1n) is 8.02. The minimum atomic E-state index is -0.771. The van der Waals surface area contributed by atoms with Crippen LogP contribution < -0.4 is 5.32 Å². The van der Waals surface area contributed by atoms with E-state index >= 15 is 0 Å². The molecule has 118 valence electrons. The number of carbonyl (C=O) groups is 1. The van der Waals surface area contributed by atoms with Gasteiger partial charge in [-0.05, 0) is 72.1 Å². The van der Waals surface area contributed by atoms with Crippen molar-refractivity contribution in [1.82, 2.24) is 5.32 Å². The van der Waals surface area contributed by atoms with Crippen LogP contribution in [0.4, 0.5) is 0 Å². The lowest BCUT2D eigenvalue weighted by Gasteiger charge is -2.36. The van der Waals surface area contributed by atoms with Crippen LogP contribution in [0.2, 0.25) is 0 Å². The maximum atomic E-state index is 12.4. The predicted octanol–water partition coefficient (Wildman–Crippen LogP) is 3.91. The van der Waals surface area contributed by atoms with Gasteiger partial charge >= 0.3 is 0 Å². The molecule has 1 amide bonds. The van der Waals surface area contributed by atoms with Crippen LogP contribution in [0.3, 0.4) is 0 Å². The molecule has 0 saturated heterocycles. The maximum absolute atomic E-state index is 12.4. The van der Waals surface area contributed by atoms with Gasteiger partial charge in [0.15, 0.2) is 0 Å². The van der Waals surface area contributed by atoms with Gasteiger partial charge < -0.3 is 10.1 Å². The van der Waals surface area contributed by atoms with Crippen molar-refractivity contribution < 1.29 is 9.53 Å². The van der Waals surface area contributed by atoms with Gasteiger partial charge in [0, 0.05) is 6.04 Å². The number of hydrogen-bond acceptors (Lipinski definition) is 2. The summed E-state index contributed by atoms with van der Waals surface area (Å²) in [5, 5.41) is 3.18. The minimum Gasteiger partial charge on any atom is -0.360 e. The Morgan fingerprint density at radius 3 is 1.95 bits per heavy atom. The van der Waals surface area contributed by atoms with Crippen molar-refractivity contribution >= 4 is 5.91 Å². The van der Waals surface area contributed by atoms with Gasteiger partial charge in [-0.1, -0.05) is 13.8 Å². The molecule has 0 heterocycles. The van der Waals surface area contributed by atoms with E-state index < -0.39 is 5.60 Å². The first-order valence-corrected chi connectivity index (χ1v) is 8.02. The number of amides is 1. The third kappa shape index (κ3) is 5.43. The lowest BCUT2D eigenvalue weighted by Crippen LogP contribution is -2.51. The Hall–Kier alpha value is -0.570. The van der Waals surface area contributed by atoms with Crippen molar-refractivity contribution in [2.75, 3.05) is 0 Å². The Kier molecular flexibility index (Phi) is 5.65. The fourth-order valence-corrected chi connectivity index (χ4v) is 3.10. The molecule has 1 fully saturated rings. The molecule has 0 aliphatic heterocycles. The van der Waals surface area contributed by atoms with Gasteiger partial charge in [-0.25, -0.2) is 0 Å². The first-order chi connectivity index (χ1) is 9.01. The topological polar surface area (TPSA) is 38.3 Å². The van der Waals surface area contributed by atoms with Crippen molar-refractivity contribution in [3.63, 3.8) is 0 Å². The van der Waals surface area contributed by atoms with E-state index in [1.807, 2.05) is 34.6 Å². The Bertz CT molecular complexity index is 320. The summed E-state index contributed by atoms with van der Waals surface area (Å²) in [7, 11) is 0. The molecule has 0 spiro atoms. The van der Waals surface area contributed by atoms with Crippen molar-refractivity contribution in [3.8, 4) is 0 Å². The number of rotatable bonds is 4. The van der Waals surface area contributed by atoms with E-state index in [1.165, 1.54) is 12.8 Å². The lowest BCUT2D eigenvalue weighted by atomic mass is 9.79. The van der Waals surface area contributed by atoms with Crippen LogP contribution in [0.1, 0.15) is 74.1 Å². The average Bonchev–Trinajstić information content (AvgIpc) is 2.26. The molecule has 0 unspecified atom stereocenters. The molecule has 0 aromatic carbocycles. The van der Waals surface area contributed by atoms with E-state index in [0.29, 0.717) is 6.04 Å². The maximum Gasteiger partial charge on any atom is 0.251 e. The van der Waals surface area contributed by atoms with Crippen LogP contribution in [0.25, 0.3) is 0 Å². The van der Waals surface area contributed by atoms with E-state index in [2.05, 4.69) is 19.2 Å². The number of ether oxygens (including phenoxy) is 1. The zero-order valence-electron chi connectivity index (χ0n) is 14.4. The van der Waals surface area contributed by atoms with Gasteiger partial charge in [0.2, 0.25) is 0 Å². The molecule has 1 N–H and O–H groups in total. The van der Waals surface area contributed by atoms with Crippen LogP contribution in [0.15, 0.2) is 0 Å². The van der Waals surface area contributed by atoms with Gasteiger partial charge in [0.25, 0.3) is 5.91 Å². The zero-order chi connectivity index (χ0) is 15.6. The van der Waals surface area contributed by atoms with Gasteiger partial charge in [0.05, 0.1) is 5.60 Å². The summed E-state index contributed by atoms with van der Waals surface area (Å²) in [5.41, 5.74) is -1.08. The molecule has 3 heteroatoms. The van der Waals surface area contributed by atoms with Crippen LogP contribution in [-0.2, 0) is 9.53 Å². The quantitative estimate of drug-likeness (QED) is 0.849. The summed E-state index contributed by atoms with van der Waals surface area (Å²) in [6, 6.07) is 0.320. The molecular weight excluding hydrogens is 250 g/mol. The van der Waals surface area contributed by atoms with E-state index in [0.717, 1.165) is 24.7 Å². The third-order valence-corrected chi connectivity index (χ3v) is 4.16. The van der Waals surface area contributed by atoms with Gasteiger partial charge in [-0.15, -0.1) is 0 Å².